The second-order valence-corrected chi connectivity index (χ2v) is 7.35. The fraction of sp³-hybridized carbons (Fsp3) is 0.556. The van der Waals surface area contributed by atoms with Crippen LogP contribution in [0.25, 0.3) is 5.52 Å². The van der Waals surface area contributed by atoms with Gasteiger partial charge in [0, 0.05) is 32.3 Å². The first-order chi connectivity index (χ1) is 11.3. The number of fused-ring (bicyclic) bond motifs is 1. The Hall–Kier alpha value is -2.08. The van der Waals surface area contributed by atoms with Crippen molar-refractivity contribution in [2.24, 2.45) is 0 Å². The number of rotatable bonds is 2. The summed E-state index contributed by atoms with van der Waals surface area (Å²) in [5.74, 6) is 0.829. The van der Waals surface area contributed by atoms with Crippen molar-refractivity contribution in [2.75, 3.05) is 13.2 Å². The minimum atomic E-state index is -0.583. The number of hydrogen-bond acceptors (Lipinski definition) is 4. The molecule has 0 unspecified atom stereocenters. The number of nitrogens with zero attached hydrogens (tertiary/aromatic N) is 2. The van der Waals surface area contributed by atoms with Crippen LogP contribution in [0.4, 0.5) is 4.79 Å². The maximum absolute atomic E-state index is 12.4. The number of alkyl carbamates (subject to hydrolysis) is 1. The number of aryl methyl sites for hydroxylation is 1. The maximum Gasteiger partial charge on any atom is 0.408 e. The van der Waals surface area contributed by atoms with E-state index in [0.717, 1.165) is 16.9 Å². The Labute approximate surface area is 142 Å². The van der Waals surface area contributed by atoms with Crippen LogP contribution < -0.4 is 5.32 Å². The van der Waals surface area contributed by atoms with Crippen molar-refractivity contribution in [3.05, 3.63) is 35.9 Å². The molecule has 6 nitrogen and oxygen atoms in total. The fourth-order valence-corrected chi connectivity index (χ4v) is 3.14. The van der Waals surface area contributed by atoms with Gasteiger partial charge in [0.05, 0.1) is 11.7 Å². The van der Waals surface area contributed by atoms with Crippen LogP contribution in [0.15, 0.2) is 24.5 Å². The van der Waals surface area contributed by atoms with Crippen LogP contribution in [0, 0.1) is 6.92 Å². The van der Waals surface area contributed by atoms with E-state index in [0.29, 0.717) is 26.1 Å². The summed E-state index contributed by atoms with van der Waals surface area (Å²) in [5.41, 5.74) is 1.07. The number of carbonyl (C=O) groups is 1. The molecule has 1 N–H and O–H groups in total. The quantitative estimate of drug-likeness (QED) is 0.918. The van der Waals surface area contributed by atoms with Gasteiger partial charge in [-0.05, 0) is 39.3 Å². The predicted molar refractivity (Wildman–Crippen MR) is 91.0 cm³/mol. The number of carbonyl (C=O) groups excluding carboxylic acids is 1. The first-order valence-corrected chi connectivity index (χ1v) is 8.33. The molecule has 0 spiro atoms. The van der Waals surface area contributed by atoms with E-state index in [2.05, 4.69) is 27.7 Å². The molecule has 130 valence electrons. The van der Waals surface area contributed by atoms with Crippen molar-refractivity contribution >= 4 is 11.6 Å². The molecule has 1 aliphatic rings. The molecule has 0 aliphatic carbocycles. The zero-order valence-corrected chi connectivity index (χ0v) is 14.8. The first kappa shape index (κ1) is 16.8. The van der Waals surface area contributed by atoms with Crippen LogP contribution in [-0.2, 0) is 15.0 Å². The molecule has 3 rings (SSSR count). The third-order valence-electron chi connectivity index (χ3n) is 4.30. The van der Waals surface area contributed by atoms with Crippen molar-refractivity contribution in [3.63, 3.8) is 0 Å². The molecule has 2 aromatic heterocycles. The normalized spacial score (nSPS) is 17.7. The van der Waals surface area contributed by atoms with E-state index >= 15 is 0 Å². The molecule has 0 atom stereocenters. The lowest BCUT2D eigenvalue weighted by molar-refractivity contribution is 0.0131. The Bertz CT molecular complexity index is 740. The molecule has 2 aromatic rings. The molecular weight excluding hydrogens is 306 g/mol. The summed E-state index contributed by atoms with van der Waals surface area (Å²) in [6.07, 6.45) is 4.75. The number of ether oxygens (including phenoxy) is 2. The SMILES string of the molecule is Cc1cccn2c(C3(NC(=O)OC(C)(C)C)CCOCC3)ncc12. The standard InChI is InChI=1S/C18H25N3O3/c1-13-6-5-9-21-14(13)12-19-15(21)18(7-10-23-11-8-18)20-16(22)24-17(2,3)4/h5-6,9,12H,7-8,10-11H2,1-4H3,(H,20,22). The molecule has 0 saturated carbocycles. The Morgan fingerprint density at radius 3 is 2.75 bits per heavy atom. The van der Waals surface area contributed by atoms with Crippen LogP contribution >= 0.6 is 0 Å². The van der Waals surface area contributed by atoms with Gasteiger partial charge in [0.2, 0.25) is 0 Å². The van der Waals surface area contributed by atoms with Crippen molar-refractivity contribution < 1.29 is 14.3 Å². The smallest absolute Gasteiger partial charge is 0.408 e. The highest BCUT2D eigenvalue weighted by atomic mass is 16.6. The average molecular weight is 331 g/mol. The van der Waals surface area contributed by atoms with Crippen molar-refractivity contribution in [3.8, 4) is 0 Å². The van der Waals surface area contributed by atoms with E-state index in [1.54, 1.807) is 0 Å². The summed E-state index contributed by atoms with van der Waals surface area (Å²) in [4.78, 5) is 17.1. The van der Waals surface area contributed by atoms with E-state index in [9.17, 15) is 4.79 Å². The predicted octanol–water partition coefficient (Wildman–Crippen LogP) is 3.17. The van der Waals surface area contributed by atoms with Gasteiger partial charge < -0.3 is 19.2 Å². The zero-order valence-electron chi connectivity index (χ0n) is 14.8. The summed E-state index contributed by atoms with van der Waals surface area (Å²) in [6.45, 7) is 8.79. The van der Waals surface area contributed by atoms with E-state index < -0.39 is 17.2 Å². The Morgan fingerprint density at radius 2 is 2.08 bits per heavy atom. The van der Waals surface area contributed by atoms with Crippen molar-refractivity contribution in [1.29, 1.82) is 0 Å². The molecule has 6 heteroatoms. The van der Waals surface area contributed by atoms with Gasteiger partial charge >= 0.3 is 6.09 Å². The molecule has 24 heavy (non-hydrogen) atoms. The molecule has 1 amide bonds. The molecule has 0 bridgehead atoms. The number of pyridine rings is 1. The average Bonchev–Trinajstić information content (AvgIpc) is 2.92. The summed E-state index contributed by atoms with van der Waals surface area (Å²) in [6, 6.07) is 4.05. The van der Waals surface area contributed by atoms with Crippen LogP contribution in [-0.4, -0.2) is 34.3 Å². The highest BCUT2D eigenvalue weighted by molar-refractivity contribution is 5.69. The third kappa shape index (κ3) is 3.24. The zero-order chi connectivity index (χ0) is 17.4. The van der Waals surface area contributed by atoms with Gasteiger partial charge in [0.25, 0.3) is 0 Å². The Kier molecular flexibility index (Phi) is 4.25. The van der Waals surface area contributed by atoms with E-state index in [4.69, 9.17) is 9.47 Å². The number of imidazole rings is 1. The third-order valence-corrected chi connectivity index (χ3v) is 4.30. The lowest BCUT2D eigenvalue weighted by Crippen LogP contribution is -2.51. The number of hydrogen-bond donors (Lipinski definition) is 1. The van der Waals surface area contributed by atoms with Crippen molar-refractivity contribution in [1.82, 2.24) is 14.7 Å². The Balaban J connectivity index is 1.99. The van der Waals surface area contributed by atoms with Gasteiger partial charge in [-0.15, -0.1) is 0 Å². The van der Waals surface area contributed by atoms with Crippen LogP contribution in [0.2, 0.25) is 0 Å². The van der Waals surface area contributed by atoms with Gasteiger partial charge in [0.1, 0.15) is 17.0 Å². The summed E-state index contributed by atoms with van der Waals surface area (Å²) >= 11 is 0. The monoisotopic (exact) mass is 331 g/mol. The minimum absolute atomic E-state index is 0.422. The summed E-state index contributed by atoms with van der Waals surface area (Å²) in [7, 11) is 0. The largest absolute Gasteiger partial charge is 0.444 e. The van der Waals surface area contributed by atoms with Crippen molar-refractivity contribution in [2.45, 2.75) is 51.7 Å². The van der Waals surface area contributed by atoms with E-state index in [1.165, 1.54) is 0 Å². The topological polar surface area (TPSA) is 64.9 Å². The number of amides is 1. The first-order valence-electron chi connectivity index (χ1n) is 8.33. The number of aromatic nitrogens is 2. The van der Waals surface area contributed by atoms with E-state index in [1.807, 2.05) is 39.2 Å². The molecule has 3 heterocycles. The van der Waals surface area contributed by atoms with Gasteiger partial charge in [-0.3, -0.25) is 0 Å². The molecule has 1 saturated heterocycles. The molecule has 1 fully saturated rings. The van der Waals surface area contributed by atoms with Gasteiger partial charge in [-0.25, -0.2) is 9.78 Å². The fourth-order valence-electron chi connectivity index (χ4n) is 3.14. The van der Waals surface area contributed by atoms with Gasteiger partial charge in [-0.1, -0.05) is 6.07 Å². The van der Waals surface area contributed by atoms with Crippen LogP contribution in [0.1, 0.15) is 45.0 Å². The van der Waals surface area contributed by atoms with Gasteiger partial charge in [0.15, 0.2) is 0 Å². The molecular formula is C18H25N3O3. The highest BCUT2D eigenvalue weighted by Gasteiger charge is 2.40. The second kappa shape index (κ2) is 6.09. The summed E-state index contributed by atoms with van der Waals surface area (Å²) in [5, 5.41) is 3.08. The summed E-state index contributed by atoms with van der Waals surface area (Å²) < 4.78 is 13.0. The van der Waals surface area contributed by atoms with Crippen LogP contribution in [0.5, 0.6) is 0 Å². The maximum atomic E-state index is 12.4. The highest BCUT2D eigenvalue weighted by Crippen LogP contribution is 2.32. The molecule has 0 aromatic carbocycles. The van der Waals surface area contributed by atoms with Crippen LogP contribution in [0.3, 0.4) is 0 Å². The number of nitrogens with one attached hydrogen (secondary N) is 1. The minimum Gasteiger partial charge on any atom is -0.444 e. The van der Waals surface area contributed by atoms with Gasteiger partial charge in [-0.2, -0.15) is 0 Å². The lowest BCUT2D eigenvalue weighted by Gasteiger charge is -2.37. The Morgan fingerprint density at radius 1 is 1.38 bits per heavy atom. The van der Waals surface area contributed by atoms with E-state index in [-0.39, 0.29) is 0 Å². The molecule has 1 aliphatic heterocycles. The lowest BCUT2D eigenvalue weighted by atomic mass is 9.89. The molecule has 0 radical (unpaired) electrons. The second-order valence-electron chi connectivity index (χ2n) is 7.35.